The van der Waals surface area contributed by atoms with Crippen LogP contribution in [0.2, 0.25) is 10.0 Å². The Balaban J connectivity index is 1.74. The third-order valence-corrected chi connectivity index (χ3v) is 4.27. The van der Waals surface area contributed by atoms with E-state index in [1.54, 1.807) is 24.3 Å². The molecule has 1 atom stereocenters. The van der Waals surface area contributed by atoms with Gasteiger partial charge in [0.1, 0.15) is 5.69 Å². The molecule has 1 unspecified atom stereocenters. The summed E-state index contributed by atoms with van der Waals surface area (Å²) in [5.74, 6) is -0.0295. The van der Waals surface area contributed by atoms with Gasteiger partial charge in [0.15, 0.2) is 0 Å². The van der Waals surface area contributed by atoms with Gasteiger partial charge in [0.25, 0.3) is 5.91 Å². The zero-order chi connectivity index (χ0) is 18.5. The highest BCUT2D eigenvalue weighted by Crippen LogP contribution is 2.27. The number of rotatable bonds is 5. The molecule has 0 aliphatic rings. The summed E-state index contributed by atoms with van der Waals surface area (Å²) < 4.78 is 0. The summed E-state index contributed by atoms with van der Waals surface area (Å²) in [5.41, 5.74) is 1.83. The van der Waals surface area contributed by atoms with Crippen LogP contribution in [0, 0.1) is 0 Å². The van der Waals surface area contributed by atoms with Crippen LogP contribution in [-0.4, -0.2) is 15.9 Å². The second-order valence-electron chi connectivity index (χ2n) is 5.62. The second kappa shape index (κ2) is 8.17. The van der Waals surface area contributed by atoms with Gasteiger partial charge in [0.2, 0.25) is 5.95 Å². The van der Waals surface area contributed by atoms with E-state index in [0.717, 1.165) is 5.56 Å². The van der Waals surface area contributed by atoms with E-state index in [4.69, 9.17) is 23.2 Å². The molecule has 5 nitrogen and oxygen atoms in total. The zero-order valence-corrected chi connectivity index (χ0v) is 15.4. The van der Waals surface area contributed by atoms with Crippen LogP contribution in [0.1, 0.15) is 29.0 Å². The molecule has 0 bridgehead atoms. The Kier molecular flexibility index (Phi) is 5.71. The Morgan fingerprint density at radius 3 is 2.62 bits per heavy atom. The number of amides is 1. The van der Waals surface area contributed by atoms with Crippen LogP contribution < -0.4 is 10.6 Å². The monoisotopic (exact) mass is 386 g/mol. The number of carbonyl (C=O) groups is 1. The van der Waals surface area contributed by atoms with Gasteiger partial charge in [-0.3, -0.25) is 4.79 Å². The Bertz CT molecular complexity index is 918. The predicted molar refractivity (Wildman–Crippen MR) is 104 cm³/mol. The van der Waals surface area contributed by atoms with Gasteiger partial charge in [-0.1, -0.05) is 53.5 Å². The number of nitrogens with zero attached hydrogens (tertiary/aromatic N) is 2. The first-order valence-electron chi connectivity index (χ1n) is 7.94. The van der Waals surface area contributed by atoms with E-state index in [-0.39, 0.29) is 23.6 Å². The topological polar surface area (TPSA) is 66.9 Å². The lowest BCUT2D eigenvalue weighted by molar-refractivity contribution is 0.0935. The fraction of sp³-hybridized carbons (Fsp3) is 0.105. The van der Waals surface area contributed by atoms with Crippen LogP contribution in [0.25, 0.3) is 0 Å². The Morgan fingerprint density at radius 2 is 1.85 bits per heavy atom. The number of hydrogen-bond acceptors (Lipinski definition) is 4. The van der Waals surface area contributed by atoms with Crippen LogP contribution in [0.4, 0.5) is 11.6 Å². The standard InChI is InChI=1S/C19H16Cl2N4O/c1-12(13-5-3-2-4-6-13)23-18(26)16-9-10-22-19(24-16)25-17-11-14(20)7-8-15(17)21/h2-12H,1H3,(H,23,26)(H,22,24,25). The zero-order valence-electron chi connectivity index (χ0n) is 13.9. The number of halogens is 2. The van der Waals surface area contributed by atoms with Crippen molar-refractivity contribution in [2.45, 2.75) is 13.0 Å². The quantitative estimate of drug-likeness (QED) is 0.645. The number of nitrogens with one attached hydrogen (secondary N) is 2. The molecule has 0 spiro atoms. The molecular weight excluding hydrogens is 371 g/mol. The molecule has 132 valence electrons. The fourth-order valence-electron chi connectivity index (χ4n) is 2.35. The summed E-state index contributed by atoms with van der Waals surface area (Å²) >= 11 is 12.1. The molecular formula is C19H16Cl2N4O. The molecule has 3 aromatic rings. The maximum absolute atomic E-state index is 12.5. The molecule has 0 saturated carbocycles. The van der Waals surface area contributed by atoms with Gasteiger partial charge in [-0.25, -0.2) is 9.97 Å². The first-order chi connectivity index (χ1) is 12.5. The first-order valence-corrected chi connectivity index (χ1v) is 8.69. The van der Waals surface area contributed by atoms with Crippen molar-refractivity contribution in [3.8, 4) is 0 Å². The van der Waals surface area contributed by atoms with Crippen LogP contribution in [0.15, 0.2) is 60.8 Å². The molecule has 0 radical (unpaired) electrons. The maximum atomic E-state index is 12.5. The van der Waals surface area contributed by atoms with Gasteiger partial charge < -0.3 is 10.6 Å². The molecule has 1 aromatic heterocycles. The maximum Gasteiger partial charge on any atom is 0.270 e. The van der Waals surface area contributed by atoms with Crippen LogP contribution >= 0.6 is 23.2 Å². The van der Waals surface area contributed by atoms with Gasteiger partial charge >= 0.3 is 0 Å². The molecule has 3 rings (SSSR count). The number of benzene rings is 2. The normalized spacial score (nSPS) is 11.7. The molecule has 2 N–H and O–H groups in total. The Hall–Kier alpha value is -2.63. The largest absolute Gasteiger partial charge is 0.344 e. The lowest BCUT2D eigenvalue weighted by Crippen LogP contribution is -2.27. The lowest BCUT2D eigenvalue weighted by Gasteiger charge is -2.14. The van der Waals surface area contributed by atoms with E-state index in [1.807, 2.05) is 37.3 Å². The van der Waals surface area contributed by atoms with Crippen molar-refractivity contribution in [2.24, 2.45) is 0 Å². The van der Waals surface area contributed by atoms with Crippen LogP contribution in [0.3, 0.4) is 0 Å². The van der Waals surface area contributed by atoms with Gasteiger partial charge in [-0.05, 0) is 36.8 Å². The minimum atomic E-state index is -0.288. The SMILES string of the molecule is CC(NC(=O)c1ccnc(Nc2cc(Cl)ccc2Cl)n1)c1ccccc1. The number of anilines is 2. The highest BCUT2D eigenvalue weighted by molar-refractivity contribution is 6.35. The molecule has 0 aliphatic heterocycles. The van der Waals surface area contributed by atoms with Crippen molar-refractivity contribution in [3.05, 3.63) is 82.1 Å². The smallest absolute Gasteiger partial charge is 0.270 e. The van der Waals surface area contributed by atoms with Crippen LogP contribution in [-0.2, 0) is 0 Å². The van der Waals surface area contributed by atoms with Crippen LogP contribution in [0.5, 0.6) is 0 Å². The summed E-state index contributed by atoms with van der Waals surface area (Å²) in [4.78, 5) is 20.8. The molecule has 1 amide bonds. The summed E-state index contributed by atoms with van der Waals surface area (Å²) in [6, 6.07) is 16.1. The first kappa shape index (κ1) is 18.2. The second-order valence-corrected chi connectivity index (χ2v) is 6.46. The lowest BCUT2D eigenvalue weighted by atomic mass is 10.1. The summed E-state index contributed by atoms with van der Waals surface area (Å²) in [6.45, 7) is 1.92. The molecule has 0 saturated heterocycles. The number of aromatic nitrogens is 2. The van der Waals surface area contributed by atoms with E-state index in [1.165, 1.54) is 6.20 Å². The van der Waals surface area contributed by atoms with E-state index >= 15 is 0 Å². The fourth-order valence-corrected chi connectivity index (χ4v) is 2.69. The van der Waals surface area contributed by atoms with Gasteiger partial charge in [0, 0.05) is 11.2 Å². The highest BCUT2D eigenvalue weighted by Gasteiger charge is 2.14. The van der Waals surface area contributed by atoms with Crippen molar-refractivity contribution in [3.63, 3.8) is 0 Å². The summed E-state index contributed by atoms with van der Waals surface area (Å²) in [7, 11) is 0. The molecule has 0 fully saturated rings. The minimum Gasteiger partial charge on any atom is -0.344 e. The average molecular weight is 387 g/mol. The highest BCUT2D eigenvalue weighted by atomic mass is 35.5. The van der Waals surface area contributed by atoms with Crippen molar-refractivity contribution in [2.75, 3.05) is 5.32 Å². The third kappa shape index (κ3) is 4.50. The van der Waals surface area contributed by atoms with E-state index in [2.05, 4.69) is 20.6 Å². The van der Waals surface area contributed by atoms with Crippen molar-refractivity contribution < 1.29 is 4.79 Å². The van der Waals surface area contributed by atoms with Gasteiger partial charge in [-0.2, -0.15) is 0 Å². The number of hydrogen-bond donors (Lipinski definition) is 2. The average Bonchev–Trinajstić information content (AvgIpc) is 2.65. The minimum absolute atomic E-state index is 0.141. The van der Waals surface area contributed by atoms with E-state index in [9.17, 15) is 4.79 Å². The number of carbonyl (C=O) groups excluding carboxylic acids is 1. The van der Waals surface area contributed by atoms with Crippen molar-refractivity contribution in [1.29, 1.82) is 0 Å². The molecule has 7 heteroatoms. The molecule has 1 heterocycles. The Morgan fingerprint density at radius 1 is 1.08 bits per heavy atom. The predicted octanol–water partition coefficient (Wildman–Crippen LogP) is 5.02. The van der Waals surface area contributed by atoms with Gasteiger partial charge in [0.05, 0.1) is 16.8 Å². The summed E-state index contributed by atoms with van der Waals surface area (Å²) in [5, 5.41) is 6.90. The van der Waals surface area contributed by atoms with Crippen molar-refractivity contribution in [1.82, 2.24) is 15.3 Å². The third-order valence-electron chi connectivity index (χ3n) is 3.71. The van der Waals surface area contributed by atoms with E-state index < -0.39 is 0 Å². The van der Waals surface area contributed by atoms with Crippen molar-refractivity contribution >= 4 is 40.7 Å². The molecule has 26 heavy (non-hydrogen) atoms. The molecule has 0 aliphatic carbocycles. The summed E-state index contributed by atoms with van der Waals surface area (Å²) in [6.07, 6.45) is 1.51. The molecule has 2 aromatic carbocycles. The van der Waals surface area contributed by atoms with E-state index in [0.29, 0.717) is 15.7 Å². The Labute approximate surface area is 161 Å². The van der Waals surface area contributed by atoms with Gasteiger partial charge in [-0.15, -0.1) is 0 Å².